The molecule has 0 saturated heterocycles. The minimum Gasteiger partial charge on any atom is -0.340 e. The fraction of sp³-hybridized carbons (Fsp3) is 0.727. The highest BCUT2D eigenvalue weighted by Crippen LogP contribution is 2.08. The predicted molar refractivity (Wildman–Crippen MR) is 58.6 cm³/mol. The molecule has 0 saturated carbocycles. The molecule has 0 atom stereocenters. The second-order valence-electron chi connectivity index (χ2n) is 4.81. The van der Waals surface area contributed by atoms with Crippen molar-refractivity contribution in [3.05, 3.63) is 0 Å². The average Bonchev–Trinajstić information content (AvgIpc) is 1.99. The summed E-state index contributed by atoms with van der Waals surface area (Å²) in [5.41, 5.74) is 4.88. The van der Waals surface area contributed by atoms with E-state index in [1.165, 1.54) is 0 Å². The van der Waals surface area contributed by atoms with E-state index >= 15 is 0 Å². The molecule has 80 valence electrons. The van der Waals surface area contributed by atoms with Crippen molar-refractivity contribution in [1.82, 2.24) is 5.32 Å². The Morgan fingerprint density at radius 3 is 2.29 bits per heavy atom. The van der Waals surface area contributed by atoms with Crippen molar-refractivity contribution in [3.63, 3.8) is 0 Å². The summed E-state index contributed by atoms with van der Waals surface area (Å²) in [6.07, 6.45) is 6.31. The van der Waals surface area contributed by atoms with Crippen molar-refractivity contribution in [1.29, 1.82) is 0 Å². The minimum atomic E-state index is -0.574. The number of terminal acetylenes is 1. The smallest absolute Gasteiger partial charge is 0.221 e. The van der Waals surface area contributed by atoms with Gasteiger partial charge < -0.3 is 11.1 Å². The molecule has 0 unspecified atom stereocenters. The predicted octanol–water partition coefficient (Wildman–Crippen LogP) is 1.03. The van der Waals surface area contributed by atoms with Crippen LogP contribution in [0.4, 0.5) is 0 Å². The molecule has 3 N–H and O–H groups in total. The first-order valence-electron chi connectivity index (χ1n) is 4.74. The Morgan fingerprint density at radius 1 is 1.43 bits per heavy atom. The van der Waals surface area contributed by atoms with Crippen molar-refractivity contribution in [3.8, 4) is 12.3 Å². The molecule has 3 heteroatoms. The van der Waals surface area contributed by atoms with Gasteiger partial charge in [-0.3, -0.25) is 4.79 Å². The zero-order valence-electron chi connectivity index (χ0n) is 9.48. The van der Waals surface area contributed by atoms with Gasteiger partial charge in [-0.05, 0) is 34.1 Å². The van der Waals surface area contributed by atoms with Gasteiger partial charge in [-0.25, -0.2) is 0 Å². The first-order chi connectivity index (χ1) is 6.16. The van der Waals surface area contributed by atoms with Gasteiger partial charge in [0, 0.05) is 12.0 Å². The van der Waals surface area contributed by atoms with E-state index in [9.17, 15) is 4.79 Å². The van der Waals surface area contributed by atoms with E-state index in [4.69, 9.17) is 12.2 Å². The molecule has 0 aromatic heterocycles. The van der Waals surface area contributed by atoms with Crippen LogP contribution in [0.25, 0.3) is 0 Å². The molecule has 0 spiro atoms. The van der Waals surface area contributed by atoms with E-state index in [0.29, 0.717) is 12.8 Å². The van der Waals surface area contributed by atoms with Gasteiger partial charge >= 0.3 is 0 Å². The van der Waals surface area contributed by atoms with Crippen molar-refractivity contribution >= 4 is 5.91 Å². The van der Waals surface area contributed by atoms with E-state index < -0.39 is 5.54 Å². The van der Waals surface area contributed by atoms with Crippen LogP contribution >= 0.6 is 0 Å². The zero-order chi connectivity index (χ0) is 11.4. The van der Waals surface area contributed by atoms with Crippen molar-refractivity contribution < 1.29 is 4.79 Å². The molecule has 3 nitrogen and oxygen atoms in total. The van der Waals surface area contributed by atoms with Crippen LogP contribution in [0.15, 0.2) is 0 Å². The van der Waals surface area contributed by atoms with Crippen molar-refractivity contribution in [2.24, 2.45) is 5.73 Å². The lowest BCUT2D eigenvalue weighted by Crippen LogP contribution is -2.43. The molecule has 1 amide bonds. The number of nitrogens with two attached hydrogens (primary N) is 1. The summed E-state index contributed by atoms with van der Waals surface area (Å²) in [5, 5.41) is 2.75. The summed E-state index contributed by atoms with van der Waals surface area (Å²) in [7, 11) is 0. The molecule has 0 heterocycles. The fourth-order valence-electron chi connectivity index (χ4n) is 0.883. The van der Waals surface area contributed by atoms with Crippen LogP contribution in [-0.2, 0) is 4.79 Å². The highest BCUT2D eigenvalue weighted by Gasteiger charge is 2.18. The Hall–Kier alpha value is -1.01. The van der Waals surface area contributed by atoms with Crippen LogP contribution in [0, 0.1) is 12.3 Å². The molecule has 0 bridgehead atoms. The lowest BCUT2D eigenvalue weighted by atomic mass is 9.99. The molecule has 0 aliphatic heterocycles. The van der Waals surface area contributed by atoms with Gasteiger partial charge in [0.25, 0.3) is 0 Å². The maximum absolute atomic E-state index is 11.4. The highest BCUT2D eigenvalue weighted by molar-refractivity contribution is 5.77. The molecule has 14 heavy (non-hydrogen) atoms. The SMILES string of the molecule is C#CC(C)(C)NC(=O)CCC(C)(C)N. The summed E-state index contributed by atoms with van der Waals surface area (Å²) < 4.78 is 0. The van der Waals surface area contributed by atoms with Gasteiger partial charge in [-0.2, -0.15) is 0 Å². The molecule has 0 aromatic carbocycles. The van der Waals surface area contributed by atoms with E-state index in [2.05, 4.69) is 11.2 Å². The zero-order valence-corrected chi connectivity index (χ0v) is 9.48. The van der Waals surface area contributed by atoms with Crippen molar-refractivity contribution in [2.75, 3.05) is 0 Å². The van der Waals surface area contributed by atoms with Crippen LogP contribution in [0.3, 0.4) is 0 Å². The maximum atomic E-state index is 11.4. The van der Waals surface area contributed by atoms with Gasteiger partial charge in [0.15, 0.2) is 0 Å². The molecule has 0 radical (unpaired) electrons. The first-order valence-corrected chi connectivity index (χ1v) is 4.74. The topological polar surface area (TPSA) is 55.1 Å². The third-order valence-electron chi connectivity index (χ3n) is 1.81. The summed E-state index contributed by atoms with van der Waals surface area (Å²) in [5.74, 6) is 2.46. The molecule has 0 aliphatic carbocycles. The van der Waals surface area contributed by atoms with E-state index in [-0.39, 0.29) is 11.4 Å². The minimum absolute atomic E-state index is 0.0496. The summed E-state index contributed by atoms with van der Waals surface area (Å²) in [4.78, 5) is 11.4. The normalized spacial score (nSPS) is 12.0. The van der Waals surface area contributed by atoms with E-state index in [1.807, 2.05) is 13.8 Å². The Balaban J connectivity index is 3.97. The van der Waals surface area contributed by atoms with Crippen LogP contribution in [0.5, 0.6) is 0 Å². The molecular formula is C11H20N2O. The second-order valence-corrected chi connectivity index (χ2v) is 4.81. The number of carbonyl (C=O) groups is 1. The Kier molecular flexibility index (Phi) is 4.15. The molecule has 0 fully saturated rings. The lowest BCUT2D eigenvalue weighted by Gasteiger charge is -2.22. The Bertz CT molecular complexity index is 243. The van der Waals surface area contributed by atoms with Crippen LogP contribution in [0.2, 0.25) is 0 Å². The highest BCUT2D eigenvalue weighted by atomic mass is 16.1. The molecule has 0 aliphatic rings. The van der Waals surface area contributed by atoms with Gasteiger partial charge in [-0.15, -0.1) is 6.42 Å². The number of amides is 1. The largest absolute Gasteiger partial charge is 0.340 e. The number of rotatable bonds is 4. The summed E-state index contributed by atoms with van der Waals surface area (Å²) >= 11 is 0. The standard InChI is InChI=1S/C11H20N2O/c1-6-11(4,5)13-9(14)7-8-10(2,3)12/h1H,7-8,12H2,2-5H3,(H,13,14). The van der Waals surface area contributed by atoms with Crippen molar-refractivity contribution in [2.45, 2.75) is 51.6 Å². The molecule has 0 rings (SSSR count). The monoisotopic (exact) mass is 196 g/mol. The third kappa shape index (κ3) is 6.50. The van der Waals surface area contributed by atoms with Gasteiger partial charge in [0.05, 0.1) is 5.54 Å². The summed E-state index contributed by atoms with van der Waals surface area (Å²) in [6, 6.07) is 0. The van der Waals surface area contributed by atoms with Gasteiger partial charge in [0.1, 0.15) is 0 Å². The third-order valence-corrected chi connectivity index (χ3v) is 1.81. The van der Waals surface area contributed by atoms with E-state index in [0.717, 1.165) is 0 Å². The van der Waals surface area contributed by atoms with Crippen LogP contribution in [-0.4, -0.2) is 17.0 Å². The molecular weight excluding hydrogens is 176 g/mol. The number of hydrogen-bond acceptors (Lipinski definition) is 2. The number of hydrogen-bond donors (Lipinski definition) is 2. The van der Waals surface area contributed by atoms with Gasteiger partial charge in [-0.1, -0.05) is 5.92 Å². The second kappa shape index (κ2) is 4.47. The number of carbonyl (C=O) groups excluding carboxylic acids is 1. The molecule has 0 aromatic rings. The Labute approximate surface area is 86.4 Å². The maximum Gasteiger partial charge on any atom is 0.221 e. The fourth-order valence-corrected chi connectivity index (χ4v) is 0.883. The average molecular weight is 196 g/mol. The summed E-state index contributed by atoms with van der Waals surface area (Å²) in [6.45, 7) is 7.37. The van der Waals surface area contributed by atoms with Gasteiger partial charge in [0.2, 0.25) is 5.91 Å². The van der Waals surface area contributed by atoms with E-state index in [1.54, 1.807) is 13.8 Å². The lowest BCUT2D eigenvalue weighted by molar-refractivity contribution is -0.122. The van der Waals surface area contributed by atoms with Crippen LogP contribution < -0.4 is 11.1 Å². The number of nitrogens with one attached hydrogen (secondary N) is 1. The van der Waals surface area contributed by atoms with Crippen LogP contribution in [0.1, 0.15) is 40.5 Å². The quantitative estimate of drug-likeness (QED) is 0.660. The first kappa shape index (κ1) is 13.0. The Morgan fingerprint density at radius 2 is 1.93 bits per heavy atom.